The fourth-order valence-corrected chi connectivity index (χ4v) is 2.20. The summed E-state index contributed by atoms with van der Waals surface area (Å²) in [5.41, 5.74) is 1.87. The fourth-order valence-electron chi connectivity index (χ4n) is 2.20. The predicted octanol–water partition coefficient (Wildman–Crippen LogP) is 2.33. The van der Waals surface area contributed by atoms with Crippen molar-refractivity contribution in [2.24, 2.45) is 7.05 Å². The third kappa shape index (κ3) is 2.61. The highest BCUT2D eigenvalue weighted by Gasteiger charge is 2.14. The Morgan fingerprint density at radius 2 is 2.15 bits per heavy atom. The second-order valence-corrected chi connectivity index (χ2v) is 4.73. The Kier molecular flexibility index (Phi) is 3.33. The van der Waals surface area contributed by atoms with Crippen molar-refractivity contribution in [1.82, 2.24) is 4.57 Å². The first-order valence-electron chi connectivity index (χ1n) is 6.52. The third-order valence-electron chi connectivity index (χ3n) is 3.32. The van der Waals surface area contributed by atoms with Crippen LogP contribution in [0.15, 0.2) is 36.5 Å². The summed E-state index contributed by atoms with van der Waals surface area (Å²) in [6.45, 7) is 0.236. The minimum atomic E-state index is -0.00920. The van der Waals surface area contributed by atoms with Crippen molar-refractivity contribution >= 4 is 11.6 Å². The summed E-state index contributed by atoms with van der Waals surface area (Å²) in [7, 11) is 1.98. The molecule has 3 rings (SSSR count). The topological polar surface area (TPSA) is 52.5 Å². The van der Waals surface area contributed by atoms with E-state index < -0.39 is 0 Å². The predicted molar refractivity (Wildman–Crippen MR) is 74.9 cm³/mol. The number of benzene rings is 1. The maximum Gasteiger partial charge on any atom is 0.231 e. The summed E-state index contributed by atoms with van der Waals surface area (Å²) in [6, 6.07) is 9.39. The van der Waals surface area contributed by atoms with Gasteiger partial charge in [-0.15, -0.1) is 0 Å². The van der Waals surface area contributed by atoms with E-state index in [0.717, 1.165) is 17.8 Å². The van der Waals surface area contributed by atoms with Crippen LogP contribution >= 0.6 is 0 Å². The monoisotopic (exact) mass is 272 g/mol. The van der Waals surface area contributed by atoms with Gasteiger partial charge in [0.05, 0.1) is 0 Å². The van der Waals surface area contributed by atoms with Crippen molar-refractivity contribution in [2.45, 2.75) is 12.8 Å². The van der Waals surface area contributed by atoms with Crippen LogP contribution in [-0.4, -0.2) is 17.3 Å². The van der Waals surface area contributed by atoms with Crippen molar-refractivity contribution in [3.05, 3.63) is 42.2 Å². The van der Waals surface area contributed by atoms with Gasteiger partial charge in [0.15, 0.2) is 11.5 Å². The molecule has 0 atom stereocenters. The largest absolute Gasteiger partial charge is 0.454 e. The van der Waals surface area contributed by atoms with Crippen LogP contribution in [-0.2, 0) is 18.3 Å². The average molecular weight is 272 g/mol. The van der Waals surface area contributed by atoms with Crippen LogP contribution in [0.4, 0.5) is 5.69 Å². The molecule has 20 heavy (non-hydrogen) atoms. The molecule has 0 spiro atoms. The Labute approximate surface area is 117 Å². The minimum absolute atomic E-state index is 0.00920. The molecule has 1 aliphatic rings. The van der Waals surface area contributed by atoms with E-state index >= 15 is 0 Å². The number of aromatic nitrogens is 1. The van der Waals surface area contributed by atoms with Crippen molar-refractivity contribution in [3.63, 3.8) is 0 Å². The lowest BCUT2D eigenvalue weighted by Crippen LogP contribution is -2.13. The minimum Gasteiger partial charge on any atom is -0.454 e. The van der Waals surface area contributed by atoms with Crippen LogP contribution in [0.5, 0.6) is 11.5 Å². The van der Waals surface area contributed by atoms with E-state index in [-0.39, 0.29) is 12.7 Å². The van der Waals surface area contributed by atoms with E-state index in [9.17, 15) is 4.79 Å². The Bertz CT molecular complexity index is 634. The third-order valence-corrected chi connectivity index (χ3v) is 3.32. The van der Waals surface area contributed by atoms with E-state index in [1.165, 1.54) is 0 Å². The number of amides is 1. The summed E-state index contributed by atoms with van der Waals surface area (Å²) in [5, 5.41) is 2.87. The summed E-state index contributed by atoms with van der Waals surface area (Å²) < 4.78 is 12.5. The average Bonchev–Trinajstić information content (AvgIpc) is 3.04. The van der Waals surface area contributed by atoms with Gasteiger partial charge in [-0.2, -0.15) is 0 Å². The molecule has 5 nitrogen and oxygen atoms in total. The first-order valence-corrected chi connectivity index (χ1v) is 6.52. The highest BCUT2D eigenvalue weighted by atomic mass is 16.7. The van der Waals surface area contributed by atoms with Crippen LogP contribution in [0.1, 0.15) is 12.1 Å². The number of carbonyl (C=O) groups excluding carboxylic acids is 1. The number of carbonyl (C=O) groups is 1. The molecule has 104 valence electrons. The Morgan fingerprint density at radius 3 is 2.95 bits per heavy atom. The molecule has 0 radical (unpaired) electrons. The molecule has 0 fully saturated rings. The molecular formula is C15H16N2O3. The van der Waals surface area contributed by atoms with Gasteiger partial charge in [0.2, 0.25) is 12.7 Å². The maximum absolute atomic E-state index is 11.9. The van der Waals surface area contributed by atoms with Gasteiger partial charge in [-0.1, -0.05) is 0 Å². The van der Waals surface area contributed by atoms with Crippen LogP contribution in [0.25, 0.3) is 0 Å². The van der Waals surface area contributed by atoms with E-state index in [1.807, 2.05) is 36.0 Å². The van der Waals surface area contributed by atoms with Crippen LogP contribution in [0.3, 0.4) is 0 Å². The number of rotatable bonds is 4. The molecule has 0 aliphatic carbocycles. The zero-order valence-electron chi connectivity index (χ0n) is 11.3. The van der Waals surface area contributed by atoms with Crippen molar-refractivity contribution in [1.29, 1.82) is 0 Å². The molecule has 1 aromatic carbocycles. The molecule has 0 unspecified atom stereocenters. The number of hydrogen-bond acceptors (Lipinski definition) is 3. The van der Waals surface area contributed by atoms with Gasteiger partial charge in [0, 0.05) is 37.1 Å². The molecule has 0 saturated carbocycles. The van der Waals surface area contributed by atoms with Crippen molar-refractivity contribution in [3.8, 4) is 11.5 Å². The number of fused-ring (bicyclic) bond motifs is 1. The molecule has 1 amide bonds. The standard InChI is InChI=1S/C15H16N2O3/c1-17-8-2-3-12(17)5-7-15(18)16-11-4-6-13-14(9-11)20-10-19-13/h2-4,6,8-9H,5,7,10H2,1H3,(H,16,18). The first-order chi connectivity index (χ1) is 9.72. The molecule has 2 heterocycles. The summed E-state index contributed by atoms with van der Waals surface area (Å²) in [4.78, 5) is 11.9. The van der Waals surface area contributed by atoms with Crippen molar-refractivity contribution < 1.29 is 14.3 Å². The summed E-state index contributed by atoms with van der Waals surface area (Å²) in [5.74, 6) is 1.38. The van der Waals surface area contributed by atoms with Crippen molar-refractivity contribution in [2.75, 3.05) is 12.1 Å². The Hall–Kier alpha value is -2.43. The molecule has 2 aromatic rings. The normalized spacial score (nSPS) is 12.4. The number of anilines is 1. The van der Waals surface area contributed by atoms with Gasteiger partial charge < -0.3 is 19.4 Å². The smallest absolute Gasteiger partial charge is 0.231 e. The van der Waals surface area contributed by atoms with Gasteiger partial charge >= 0.3 is 0 Å². The molecule has 1 N–H and O–H groups in total. The summed E-state index contributed by atoms with van der Waals surface area (Å²) >= 11 is 0. The second kappa shape index (κ2) is 5.28. The first kappa shape index (κ1) is 12.6. The van der Waals surface area contributed by atoms with E-state index in [0.29, 0.717) is 17.9 Å². The van der Waals surface area contributed by atoms with Gasteiger partial charge in [-0.05, 0) is 30.7 Å². The van der Waals surface area contributed by atoms with Gasteiger partial charge in [0.25, 0.3) is 0 Å². The molecule has 1 aromatic heterocycles. The number of aryl methyl sites for hydroxylation is 2. The van der Waals surface area contributed by atoms with Gasteiger partial charge in [-0.3, -0.25) is 4.79 Å². The van der Waals surface area contributed by atoms with Crippen LogP contribution < -0.4 is 14.8 Å². The van der Waals surface area contributed by atoms with Gasteiger partial charge in [0.1, 0.15) is 0 Å². The Morgan fingerprint density at radius 1 is 1.30 bits per heavy atom. The highest BCUT2D eigenvalue weighted by Crippen LogP contribution is 2.34. The number of nitrogens with zero attached hydrogens (tertiary/aromatic N) is 1. The summed E-state index contributed by atoms with van der Waals surface area (Å²) in [6.07, 6.45) is 3.15. The number of hydrogen-bond donors (Lipinski definition) is 1. The van der Waals surface area contributed by atoms with E-state index in [4.69, 9.17) is 9.47 Å². The lowest BCUT2D eigenvalue weighted by atomic mass is 10.2. The fraction of sp³-hybridized carbons (Fsp3) is 0.267. The van der Waals surface area contributed by atoms with E-state index in [1.54, 1.807) is 12.1 Å². The number of nitrogens with one attached hydrogen (secondary N) is 1. The van der Waals surface area contributed by atoms with Gasteiger partial charge in [-0.25, -0.2) is 0 Å². The quantitative estimate of drug-likeness (QED) is 0.929. The lowest BCUT2D eigenvalue weighted by Gasteiger charge is -2.07. The molecule has 5 heteroatoms. The second-order valence-electron chi connectivity index (χ2n) is 4.73. The molecule has 0 saturated heterocycles. The van der Waals surface area contributed by atoms with E-state index in [2.05, 4.69) is 5.32 Å². The van der Waals surface area contributed by atoms with Crippen LogP contribution in [0.2, 0.25) is 0 Å². The zero-order chi connectivity index (χ0) is 13.9. The van der Waals surface area contributed by atoms with Crippen LogP contribution in [0, 0.1) is 0 Å². The zero-order valence-corrected chi connectivity index (χ0v) is 11.3. The Balaban J connectivity index is 1.58. The molecule has 1 aliphatic heterocycles. The molecule has 0 bridgehead atoms. The molecular weight excluding hydrogens is 256 g/mol. The SMILES string of the molecule is Cn1cccc1CCC(=O)Nc1ccc2c(c1)OCO2. The number of ether oxygens (including phenoxy) is 2. The maximum atomic E-state index is 11.9. The lowest BCUT2D eigenvalue weighted by molar-refractivity contribution is -0.116. The highest BCUT2D eigenvalue weighted by molar-refractivity contribution is 5.91.